The van der Waals surface area contributed by atoms with Crippen molar-refractivity contribution in [1.82, 2.24) is 29.7 Å². The number of halogens is 1. The van der Waals surface area contributed by atoms with Gasteiger partial charge in [0.25, 0.3) is 5.91 Å². The van der Waals surface area contributed by atoms with Crippen LogP contribution >= 0.6 is 0 Å². The van der Waals surface area contributed by atoms with E-state index >= 15 is 0 Å². The molecule has 0 aliphatic carbocycles. The van der Waals surface area contributed by atoms with Gasteiger partial charge >= 0.3 is 0 Å². The van der Waals surface area contributed by atoms with E-state index < -0.39 is 5.91 Å². The molecular weight excluding hydrogens is 397 g/mol. The average Bonchev–Trinajstić information content (AvgIpc) is 3.22. The Labute approximate surface area is 178 Å². The van der Waals surface area contributed by atoms with Crippen LogP contribution in [0.1, 0.15) is 35.4 Å². The molecule has 9 heteroatoms. The smallest absolute Gasteiger partial charge is 0.289 e. The van der Waals surface area contributed by atoms with Gasteiger partial charge in [0, 0.05) is 30.7 Å². The zero-order valence-electron chi connectivity index (χ0n) is 16.9. The van der Waals surface area contributed by atoms with Crippen LogP contribution in [0.3, 0.4) is 0 Å². The molecule has 0 spiro atoms. The molecule has 1 aliphatic rings. The van der Waals surface area contributed by atoms with Crippen molar-refractivity contribution in [2.24, 2.45) is 0 Å². The van der Waals surface area contributed by atoms with E-state index in [1.54, 1.807) is 6.07 Å². The number of rotatable bonds is 5. The number of hydrazine groups is 1. The molecule has 1 aliphatic heterocycles. The molecular formula is C22H22FN7O. The Bertz CT molecular complexity index is 1240. The molecule has 0 bridgehead atoms. The molecule has 4 aromatic rings. The molecule has 3 aromatic heterocycles. The maximum atomic E-state index is 13.9. The minimum Gasteiger partial charge on any atom is -0.307 e. The molecule has 1 amide bonds. The van der Waals surface area contributed by atoms with E-state index in [0.29, 0.717) is 11.3 Å². The minimum absolute atomic E-state index is 0.180. The number of hydrogen-bond donors (Lipinski definition) is 2. The number of nitrogens with zero attached hydrogens (tertiary/aromatic N) is 5. The first kappa shape index (κ1) is 19.4. The second-order valence-electron chi connectivity index (χ2n) is 7.65. The van der Waals surface area contributed by atoms with Gasteiger partial charge in [-0.25, -0.2) is 14.4 Å². The number of anilines is 1. The predicted octanol–water partition coefficient (Wildman–Crippen LogP) is 3.16. The highest BCUT2D eigenvalue weighted by Gasteiger charge is 2.17. The van der Waals surface area contributed by atoms with E-state index in [1.165, 1.54) is 50.0 Å². The second kappa shape index (κ2) is 8.27. The lowest BCUT2D eigenvalue weighted by atomic mass is 10.1. The first-order chi connectivity index (χ1) is 15.2. The zero-order chi connectivity index (χ0) is 21.2. The molecule has 0 radical (unpaired) electrons. The maximum absolute atomic E-state index is 13.9. The Morgan fingerprint density at radius 1 is 1.06 bits per heavy atom. The number of likely N-dealkylation sites (tertiary alicyclic amines) is 1. The van der Waals surface area contributed by atoms with Gasteiger partial charge in [-0.3, -0.25) is 25.5 Å². The molecule has 0 atom stereocenters. The van der Waals surface area contributed by atoms with Crippen LogP contribution in [0.15, 0.2) is 48.9 Å². The predicted molar refractivity (Wildman–Crippen MR) is 115 cm³/mol. The SMILES string of the molecule is O=C(NNc1nc2cc(F)ccc2n2c(CN3CCCCC3)ccc12)c1cnccn1. The topological polar surface area (TPSA) is 87.5 Å². The van der Waals surface area contributed by atoms with E-state index in [9.17, 15) is 9.18 Å². The van der Waals surface area contributed by atoms with E-state index in [1.807, 2.05) is 6.07 Å². The number of piperidine rings is 1. The van der Waals surface area contributed by atoms with Crippen molar-refractivity contribution in [3.8, 4) is 0 Å². The highest BCUT2D eigenvalue weighted by Crippen LogP contribution is 2.26. The summed E-state index contributed by atoms with van der Waals surface area (Å²) in [6, 6.07) is 8.61. The van der Waals surface area contributed by atoms with Gasteiger partial charge in [0.2, 0.25) is 0 Å². The number of fused-ring (bicyclic) bond motifs is 3. The van der Waals surface area contributed by atoms with Crippen LogP contribution in [0.25, 0.3) is 16.6 Å². The fraction of sp³-hybridized carbons (Fsp3) is 0.273. The summed E-state index contributed by atoms with van der Waals surface area (Å²) in [4.78, 5) is 27.2. The normalized spacial score (nSPS) is 14.7. The fourth-order valence-electron chi connectivity index (χ4n) is 4.06. The average molecular weight is 419 g/mol. The zero-order valence-corrected chi connectivity index (χ0v) is 16.9. The highest BCUT2D eigenvalue weighted by molar-refractivity contribution is 5.93. The molecule has 0 unspecified atom stereocenters. The van der Waals surface area contributed by atoms with Gasteiger partial charge in [-0.05, 0) is 50.2 Å². The van der Waals surface area contributed by atoms with Crippen molar-refractivity contribution in [2.45, 2.75) is 25.8 Å². The summed E-state index contributed by atoms with van der Waals surface area (Å²) in [7, 11) is 0. The number of aromatic nitrogens is 4. The van der Waals surface area contributed by atoms with Crippen LogP contribution in [-0.4, -0.2) is 43.2 Å². The third-order valence-electron chi connectivity index (χ3n) is 5.54. The van der Waals surface area contributed by atoms with E-state index in [4.69, 9.17) is 0 Å². The molecule has 158 valence electrons. The molecule has 0 saturated carbocycles. The Hall–Kier alpha value is -3.59. The van der Waals surface area contributed by atoms with Crippen molar-refractivity contribution in [3.63, 3.8) is 0 Å². The standard InChI is InChI=1S/C22H22FN7O/c23-15-4-6-19-17(12-15)26-21(27-28-22(31)18-13-24-8-9-25-18)20-7-5-16(30(19)20)14-29-10-2-1-3-11-29/h4-9,12-13H,1-3,10-11,14H2,(H,26,27)(H,28,31). The monoisotopic (exact) mass is 419 g/mol. The van der Waals surface area contributed by atoms with Crippen LogP contribution < -0.4 is 10.9 Å². The van der Waals surface area contributed by atoms with Crippen molar-refractivity contribution in [3.05, 3.63) is 66.1 Å². The number of nitrogens with one attached hydrogen (secondary N) is 2. The molecule has 31 heavy (non-hydrogen) atoms. The fourth-order valence-corrected chi connectivity index (χ4v) is 4.06. The third kappa shape index (κ3) is 3.91. The van der Waals surface area contributed by atoms with Crippen LogP contribution in [0.4, 0.5) is 10.2 Å². The van der Waals surface area contributed by atoms with Gasteiger partial charge in [-0.2, -0.15) is 0 Å². The van der Waals surface area contributed by atoms with E-state index in [0.717, 1.165) is 36.4 Å². The number of benzene rings is 1. The van der Waals surface area contributed by atoms with E-state index in [2.05, 4.69) is 41.2 Å². The summed E-state index contributed by atoms with van der Waals surface area (Å²) in [5, 5.41) is 0. The Morgan fingerprint density at radius 3 is 2.71 bits per heavy atom. The van der Waals surface area contributed by atoms with Crippen molar-refractivity contribution in [2.75, 3.05) is 18.5 Å². The summed E-state index contributed by atoms with van der Waals surface area (Å²) in [6.45, 7) is 2.95. The summed E-state index contributed by atoms with van der Waals surface area (Å²) < 4.78 is 16.0. The Balaban J connectivity index is 1.52. The van der Waals surface area contributed by atoms with Crippen molar-refractivity contribution in [1.29, 1.82) is 0 Å². The molecule has 8 nitrogen and oxygen atoms in total. The van der Waals surface area contributed by atoms with Crippen molar-refractivity contribution >= 4 is 28.3 Å². The molecule has 1 aromatic carbocycles. The highest BCUT2D eigenvalue weighted by atomic mass is 19.1. The Kier molecular flexibility index (Phi) is 5.17. The van der Waals surface area contributed by atoms with Gasteiger partial charge in [-0.15, -0.1) is 0 Å². The van der Waals surface area contributed by atoms with Gasteiger partial charge in [0.05, 0.1) is 22.7 Å². The van der Waals surface area contributed by atoms with Gasteiger partial charge < -0.3 is 4.40 Å². The molecule has 1 fully saturated rings. The summed E-state index contributed by atoms with van der Waals surface area (Å²) >= 11 is 0. The van der Waals surface area contributed by atoms with Crippen LogP contribution in [0, 0.1) is 5.82 Å². The lowest BCUT2D eigenvalue weighted by molar-refractivity contribution is 0.0957. The number of carbonyl (C=O) groups is 1. The van der Waals surface area contributed by atoms with Crippen LogP contribution in [0.2, 0.25) is 0 Å². The third-order valence-corrected chi connectivity index (χ3v) is 5.54. The quantitative estimate of drug-likeness (QED) is 0.483. The second-order valence-corrected chi connectivity index (χ2v) is 7.65. The first-order valence-electron chi connectivity index (χ1n) is 10.3. The molecule has 5 rings (SSSR count). The van der Waals surface area contributed by atoms with Crippen LogP contribution in [0.5, 0.6) is 0 Å². The molecule has 1 saturated heterocycles. The number of hydrogen-bond acceptors (Lipinski definition) is 6. The van der Waals surface area contributed by atoms with Gasteiger partial charge in [0.15, 0.2) is 5.82 Å². The Morgan fingerprint density at radius 2 is 1.90 bits per heavy atom. The lowest BCUT2D eigenvalue weighted by Gasteiger charge is -2.26. The molecule has 2 N–H and O–H groups in total. The first-order valence-corrected chi connectivity index (χ1v) is 10.3. The molecule has 4 heterocycles. The van der Waals surface area contributed by atoms with Gasteiger partial charge in [0.1, 0.15) is 11.5 Å². The lowest BCUT2D eigenvalue weighted by Crippen LogP contribution is -2.31. The van der Waals surface area contributed by atoms with Crippen LogP contribution in [-0.2, 0) is 6.54 Å². The summed E-state index contributed by atoms with van der Waals surface area (Å²) in [5.41, 5.74) is 8.88. The van der Waals surface area contributed by atoms with E-state index in [-0.39, 0.29) is 11.5 Å². The largest absolute Gasteiger partial charge is 0.307 e. The maximum Gasteiger partial charge on any atom is 0.289 e. The summed E-state index contributed by atoms with van der Waals surface area (Å²) in [5.74, 6) is -0.369. The summed E-state index contributed by atoms with van der Waals surface area (Å²) in [6.07, 6.45) is 8.01. The van der Waals surface area contributed by atoms with Crippen molar-refractivity contribution < 1.29 is 9.18 Å². The number of carbonyl (C=O) groups excluding carboxylic acids is 1. The minimum atomic E-state index is -0.438. The van der Waals surface area contributed by atoms with Gasteiger partial charge in [-0.1, -0.05) is 6.42 Å². The number of amides is 1.